The summed E-state index contributed by atoms with van der Waals surface area (Å²) in [6.45, 7) is 1.55. The summed E-state index contributed by atoms with van der Waals surface area (Å²) in [6, 6.07) is 0. The van der Waals surface area contributed by atoms with Crippen molar-refractivity contribution in [2.45, 2.75) is 25.6 Å². The molecule has 0 aromatic carbocycles. The first kappa shape index (κ1) is 15.2. The molecule has 16 heavy (non-hydrogen) atoms. The summed E-state index contributed by atoms with van der Waals surface area (Å²) in [4.78, 5) is 11.9. The van der Waals surface area contributed by atoms with Crippen molar-refractivity contribution < 1.29 is 27.8 Å². The number of nitrogens with zero attached hydrogens (tertiary/aromatic N) is 1. The number of hydrogen-bond donors (Lipinski definition) is 1. The highest BCUT2D eigenvalue weighted by Crippen LogP contribution is 2.19. The van der Waals surface area contributed by atoms with Gasteiger partial charge in [0.1, 0.15) is 0 Å². The number of carboxylic acid groups (broad SMARTS) is 1. The smallest absolute Gasteiger partial charge is 0.390 e. The average molecular weight is 243 g/mol. The second kappa shape index (κ2) is 6.70. The molecule has 1 atom stereocenters. The highest BCUT2D eigenvalue weighted by atomic mass is 19.4. The van der Waals surface area contributed by atoms with Crippen LogP contribution in [0.2, 0.25) is 0 Å². The van der Waals surface area contributed by atoms with Crippen molar-refractivity contribution in [3.63, 3.8) is 0 Å². The zero-order chi connectivity index (χ0) is 12.8. The van der Waals surface area contributed by atoms with E-state index in [4.69, 9.17) is 9.84 Å². The fourth-order valence-electron chi connectivity index (χ4n) is 1.10. The van der Waals surface area contributed by atoms with Gasteiger partial charge in [0.15, 0.2) is 6.10 Å². The molecule has 0 spiro atoms. The maximum absolute atomic E-state index is 11.9. The first-order chi connectivity index (χ1) is 7.26. The minimum atomic E-state index is -4.22. The highest BCUT2D eigenvalue weighted by molar-refractivity contribution is 5.72. The SMILES string of the molecule is CCOC(CN(C)CCC(F)(F)F)C(=O)O. The van der Waals surface area contributed by atoms with Crippen LogP contribution in [0.5, 0.6) is 0 Å². The van der Waals surface area contributed by atoms with Crippen LogP contribution in [0.25, 0.3) is 0 Å². The summed E-state index contributed by atoms with van der Waals surface area (Å²) < 4.78 is 40.5. The molecule has 0 aromatic rings. The van der Waals surface area contributed by atoms with Gasteiger partial charge in [0, 0.05) is 19.7 Å². The molecule has 0 aliphatic carbocycles. The summed E-state index contributed by atoms with van der Waals surface area (Å²) in [6.07, 6.45) is -6.26. The summed E-state index contributed by atoms with van der Waals surface area (Å²) in [5.74, 6) is -1.17. The molecule has 0 bridgehead atoms. The van der Waals surface area contributed by atoms with Crippen molar-refractivity contribution >= 4 is 5.97 Å². The number of alkyl halides is 3. The molecular formula is C9H16F3NO3. The zero-order valence-electron chi connectivity index (χ0n) is 9.25. The van der Waals surface area contributed by atoms with Gasteiger partial charge in [-0.15, -0.1) is 0 Å². The van der Waals surface area contributed by atoms with Crippen LogP contribution in [0.1, 0.15) is 13.3 Å². The van der Waals surface area contributed by atoms with E-state index in [0.717, 1.165) is 0 Å². The molecule has 0 aliphatic heterocycles. The number of hydrogen-bond acceptors (Lipinski definition) is 3. The number of likely N-dealkylation sites (N-methyl/N-ethyl adjacent to an activating group) is 1. The molecule has 0 radical (unpaired) electrons. The molecule has 0 heterocycles. The van der Waals surface area contributed by atoms with Gasteiger partial charge >= 0.3 is 12.1 Å². The van der Waals surface area contributed by atoms with E-state index in [1.54, 1.807) is 6.92 Å². The minimum absolute atomic E-state index is 0.0563. The Morgan fingerprint density at radius 3 is 2.44 bits per heavy atom. The van der Waals surface area contributed by atoms with Crippen LogP contribution in [0, 0.1) is 0 Å². The van der Waals surface area contributed by atoms with Crippen LogP contribution in [0.3, 0.4) is 0 Å². The molecule has 0 rings (SSSR count). The number of halogens is 3. The van der Waals surface area contributed by atoms with Gasteiger partial charge < -0.3 is 14.7 Å². The Hall–Kier alpha value is -0.820. The molecule has 4 nitrogen and oxygen atoms in total. The van der Waals surface area contributed by atoms with Crippen LogP contribution in [-0.2, 0) is 9.53 Å². The topological polar surface area (TPSA) is 49.8 Å². The van der Waals surface area contributed by atoms with Gasteiger partial charge in [0.25, 0.3) is 0 Å². The Kier molecular flexibility index (Phi) is 6.35. The standard InChI is InChI=1S/C9H16F3NO3/c1-3-16-7(8(14)15)6-13(2)5-4-9(10,11)12/h7H,3-6H2,1-2H3,(H,14,15). The van der Waals surface area contributed by atoms with E-state index in [1.807, 2.05) is 0 Å². The maximum Gasteiger partial charge on any atom is 0.390 e. The third-order valence-corrected chi connectivity index (χ3v) is 1.90. The van der Waals surface area contributed by atoms with E-state index in [-0.39, 0.29) is 19.7 Å². The molecule has 0 aromatic heterocycles. The minimum Gasteiger partial charge on any atom is -0.479 e. The second-order valence-electron chi connectivity index (χ2n) is 3.41. The lowest BCUT2D eigenvalue weighted by atomic mass is 10.3. The summed E-state index contributed by atoms with van der Waals surface area (Å²) in [5, 5.41) is 8.71. The van der Waals surface area contributed by atoms with Crippen molar-refractivity contribution in [2.75, 3.05) is 26.7 Å². The van der Waals surface area contributed by atoms with Crippen molar-refractivity contribution in [2.24, 2.45) is 0 Å². The molecule has 0 fully saturated rings. The molecule has 0 amide bonds. The highest BCUT2D eigenvalue weighted by Gasteiger charge is 2.28. The third-order valence-electron chi connectivity index (χ3n) is 1.90. The van der Waals surface area contributed by atoms with Crippen molar-refractivity contribution in [3.8, 4) is 0 Å². The number of carboxylic acids is 1. The third kappa shape index (κ3) is 7.47. The maximum atomic E-state index is 11.9. The molecule has 1 unspecified atom stereocenters. The van der Waals surface area contributed by atoms with Gasteiger partial charge in [-0.2, -0.15) is 13.2 Å². The predicted octanol–water partition coefficient (Wildman–Crippen LogP) is 1.36. The average Bonchev–Trinajstić information content (AvgIpc) is 2.13. The zero-order valence-corrected chi connectivity index (χ0v) is 9.25. The normalized spacial score (nSPS) is 14.1. The van der Waals surface area contributed by atoms with Gasteiger partial charge in [-0.1, -0.05) is 0 Å². The molecule has 7 heteroatoms. The van der Waals surface area contributed by atoms with Gasteiger partial charge in [0.05, 0.1) is 6.42 Å². The molecule has 0 saturated heterocycles. The summed E-state index contributed by atoms with van der Waals surface area (Å²) >= 11 is 0. The molecule has 0 saturated carbocycles. The van der Waals surface area contributed by atoms with Gasteiger partial charge in [-0.05, 0) is 14.0 Å². The van der Waals surface area contributed by atoms with E-state index in [0.29, 0.717) is 0 Å². The Bertz CT molecular complexity index is 221. The van der Waals surface area contributed by atoms with Crippen molar-refractivity contribution in [1.29, 1.82) is 0 Å². The fourth-order valence-corrected chi connectivity index (χ4v) is 1.10. The second-order valence-corrected chi connectivity index (χ2v) is 3.41. The van der Waals surface area contributed by atoms with E-state index in [1.165, 1.54) is 11.9 Å². The van der Waals surface area contributed by atoms with Gasteiger partial charge in [-0.25, -0.2) is 4.79 Å². The lowest BCUT2D eigenvalue weighted by Gasteiger charge is -2.21. The van der Waals surface area contributed by atoms with Crippen LogP contribution < -0.4 is 0 Å². The van der Waals surface area contributed by atoms with Gasteiger partial charge in [-0.3, -0.25) is 0 Å². The Morgan fingerprint density at radius 1 is 1.50 bits per heavy atom. The Balaban J connectivity index is 4.00. The van der Waals surface area contributed by atoms with Crippen molar-refractivity contribution in [3.05, 3.63) is 0 Å². The van der Waals surface area contributed by atoms with Crippen LogP contribution in [0.4, 0.5) is 13.2 Å². The van der Waals surface area contributed by atoms with E-state index >= 15 is 0 Å². The van der Waals surface area contributed by atoms with E-state index < -0.39 is 24.7 Å². The number of aliphatic carboxylic acids is 1. The van der Waals surface area contributed by atoms with E-state index in [2.05, 4.69) is 0 Å². The first-order valence-electron chi connectivity index (χ1n) is 4.86. The monoisotopic (exact) mass is 243 g/mol. The first-order valence-corrected chi connectivity index (χ1v) is 4.86. The molecule has 1 N–H and O–H groups in total. The molecule has 96 valence electrons. The van der Waals surface area contributed by atoms with Crippen LogP contribution in [0.15, 0.2) is 0 Å². The van der Waals surface area contributed by atoms with E-state index in [9.17, 15) is 18.0 Å². The van der Waals surface area contributed by atoms with Gasteiger partial charge in [0.2, 0.25) is 0 Å². The lowest BCUT2D eigenvalue weighted by molar-refractivity contribution is -0.152. The largest absolute Gasteiger partial charge is 0.479 e. The fraction of sp³-hybridized carbons (Fsp3) is 0.889. The predicted molar refractivity (Wildman–Crippen MR) is 51.2 cm³/mol. The lowest BCUT2D eigenvalue weighted by Crippen LogP contribution is -2.38. The number of ether oxygens (including phenoxy) is 1. The molecule has 0 aliphatic rings. The van der Waals surface area contributed by atoms with Crippen LogP contribution >= 0.6 is 0 Å². The Labute approximate surface area is 92.0 Å². The number of rotatable bonds is 7. The summed E-state index contributed by atoms with van der Waals surface area (Å²) in [5.41, 5.74) is 0. The summed E-state index contributed by atoms with van der Waals surface area (Å²) in [7, 11) is 1.43. The number of carbonyl (C=O) groups is 1. The van der Waals surface area contributed by atoms with Crippen molar-refractivity contribution in [1.82, 2.24) is 4.90 Å². The van der Waals surface area contributed by atoms with Crippen LogP contribution in [-0.4, -0.2) is 55.0 Å². The molecular weight excluding hydrogens is 227 g/mol. The Morgan fingerprint density at radius 2 is 2.06 bits per heavy atom. The quantitative estimate of drug-likeness (QED) is 0.733.